The number of anilines is 1. The Labute approximate surface area is 124 Å². The molecule has 1 N–H and O–H groups in total. The van der Waals surface area contributed by atoms with Crippen molar-refractivity contribution in [3.05, 3.63) is 64.7 Å². The summed E-state index contributed by atoms with van der Waals surface area (Å²) in [6.07, 6.45) is 2.28. The van der Waals surface area contributed by atoms with Crippen molar-refractivity contribution in [1.82, 2.24) is 0 Å². The first-order chi connectivity index (χ1) is 9.65. The Morgan fingerprint density at radius 1 is 1.15 bits per heavy atom. The highest BCUT2D eigenvalue weighted by Gasteiger charge is 2.04. The Bertz CT molecular complexity index is 581. The monoisotopic (exact) mass is 287 g/mol. The van der Waals surface area contributed by atoms with Gasteiger partial charge in [0.15, 0.2) is 0 Å². The van der Waals surface area contributed by atoms with E-state index in [1.807, 2.05) is 37.3 Å². The Hall–Kier alpha value is -1.80. The lowest BCUT2D eigenvalue weighted by Gasteiger charge is -2.07. The van der Waals surface area contributed by atoms with Gasteiger partial charge in [0.25, 0.3) is 0 Å². The summed E-state index contributed by atoms with van der Waals surface area (Å²) in [5, 5.41) is 3.55. The van der Waals surface area contributed by atoms with E-state index in [0.717, 1.165) is 24.1 Å². The van der Waals surface area contributed by atoms with Crippen LogP contribution in [0.5, 0.6) is 0 Å². The summed E-state index contributed by atoms with van der Waals surface area (Å²) < 4.78 is 0. The second-order valence-electron chi connectivity index (χ2n) is 4.85. The summed E-state index contributed by atoms with van der Waals surface area (Å²) >= 11 is 6.03. The highest BCUT2D eigenvalue weighted by atomic mass is 35.5. The summed E-state index contributed by atoms with van der Waals surface area (Å²) in [6.45, 7) is 1.94. The maximum atomic E-state index is 11.8. The van der Waals surface area contributed by atoms with Crippen LogP contribution < -0.4 is 5.32 Å². The van der Waals surface area contributed by atoms with Gasteiger partial charge < -0.3 is 5.32 Å². The molecule has 2 nitrogen and oxygen atoms in total. The fourth-order valence-electron chi connectivity index (χ4n) is 1.99. The summed E-state index contributed by atoms with van der Waals surface area (Å²) in [4.78, 5) is 11.8. The van der Waals surface area contributed by atoms with Crippen LogP contribution in [-0.2, 0) is 11.2 Å². The third-order valence-electron chi connectivity index (χ3n) is 3.17. The first kappa shape index (κ1) is 14.6. The van der Waals surface area contributed by atoms with Gasteiger partial charge in [-0.25, -0.2) is 0 Å². The molecule has 3 heteroatoms. The molecule has 0 aliphatic rings. The van der Waals surface area contributed by atoms with Crippen molar-refractivity contribution in [2.75, 3.05) is 5.32 Å². The van der Waals surface area contributed by atoms with E-state index in [-0.39, 0.29) is 5.91 Å². The van der Waals surface area contributed by atoms with Crippen LogP contribution in [0.2, 0.25) is 5.02 Å². The van der Waals surface area contributed by atoms with Gasteiger partial charge in [-0.3, -0.25) is 4.79 Å². The molecule has 2 rings (SSSR count). The number of benzene rings is 2. The highest BCUT2D eigenvalue weighted by molar-refractivity contribution is 6.31. The van der Waals surface area contributed by atoms with Crippen LogP contribution in [0.3, 0.4) is 0 Å². The average molecular weight is 288 g/mol. The Kier molecular flexibility index (Phi) is 5.19. The van der Waals surface area contributed by atoms with Gasteiger partial charge in [0.05, 0.1) is 0 Å². The van der Waals surface area contributed by atoms with Crippen LogP contribution in [0.1, 0.15) is 24.0 Å². The molecule has 20 heavy (non-hydrogen) atoms. The van der Waals surface area contributed by atoms with Gasteiger partial charge >= 0.3 is 0 Å². The van der Waals surface area contributed by atoms with E-state index < -0.39 is 0 Å². The first-order valence-electron chi connectivity index (χ1n) is 6.75. The number of hydrogen-bond acceptors (Lipinski definition) is 1. The van der Waals surface area contributed by atoms with Crippen molar-refractivity contribution in [2.24, 2.45) is 0 Å². The zero-order valence-corrected chi connectivity index (χ0v) is 12.3. The molecule has 0 atom stereocenters. The van der Waals surface area contributed by atoms with Gasteiger partial charge in [-0.1, -0.05) is 48.0 Å². The van der Waals surface area contributed by atoms with E-state index in [9.17, 15) is 4.79 Å². The van der Waals surface area contributed by atoms with Gasteiger partial charge in [-0.2, -0.15) is 0 Å². The second kappa shape index (κ2) is 7.11. The quantitative estimate of drug-likeness (QED) is 0.855. The molecule has 2 aromatic carbocycles. The summed E-state index contributed by atoms with van der Waals surface area (Å²) in [5.41, 5.74) is 3.03. The molecule has 0 aliphatic heterocycles. The Balaban J connectivity index is 1.79. The zero-order chi connectivity index (χ0) is 14.4. The standard InChI is InChI=1S/C17H18ClNO/c1-13-10-11-15(12-16(13)18)19-17(20)9-5-8-14-6-3-2-4-7-14/h2-4,6-7,10-12H,5,8-9H2,1H3,(H,19,20). The van der Waals surface area contributed by atoms with Gasteiger partial charge in [0.2, 0.25) is 5.91 Å². The second-order valence-corrected chi connectivity index (χ2v) is 5.26. The highest BCUT2D eigenvalue weighted by Crippen LogP contribution is 2.20. The lowest BCUT2D eigenvalue weighted by Crippen LogP contribution is -2.11. The Morgan fingerprint density at radius 2 is 1.90 bits per heavy atom. The smallest absolute Gasteiger partial charge is 0.224 e. The summed E-state index contributed by atoms with van der Waals surface area (Å²) in [7, 11) is 0. The van der Waals surface area contributed by atoms with Gasteiger partial charge in [-0.15, -0.1) is 0 Å². The largest absolute Gasteiger partial charge is 0.326 e. The lowest BCUT2D eigenvalue weighted by atomic mass is 10.1. The number of amides is 1. The maximum Gasteiger partial charge on any atom is 0.224 e. The van der Waals surface area contributed by atoms with Crippen LogP contribution in [0, 0.1) is 6.92 Å². The topological polar surface area (TPSA) is 29.1 Å². The van der Waals surface area contributed by atoms with E-state index >= 15 is 0 Å². The minimum absolute atomic E-state index is 0.0286. The molecule has 0 spiro atoms. The molecule has 0 aromatic heterocycles. The van der Waals surface area contributed by atoms with Crippen LogP contribution in [0.4, 0.5) is 5.69 Å². The zero-order valence-electron chi connectivity index (χ0n) is 11.5. The fraction of sp³-hybridized carbons (Fsp3) is 0.235. The molecular formula is C17H18ClNO. The van der Waals surface area contributed by atoms with Crippen molar-refractivity contribution < 1.29 is 4.79 Å². The van der Waals surface area contributed by atoms with E-state index in [0.29, 0.717) is 11.4 Å². The number of hydrogen-bond donors (Lipinski definition) is 1. The molecular weight excluding hydrogens is 270 g/mol. The number of halogens is 1. The SMILES string of the molecule is Cc1ccc(NC(=O)CCCc2ccccc2)cc1Cl. The van der Waals surface area contributed by atoms with Crippen LogP contribution in [-0.4, -0.2) is 5.91 Å². The molecule has 0 fully saturated rings. The molecule has 2 aromatic rings. The molecule has 0 aliphatic carbocycles. The predicted octanol–water partition coefficient (Wildman–Crippen LogP) is 4.61. The van der Waals surface area contributed by atoms with Crippen molar-refractivity contribution >= 4 is 23.2 Å². The van der Waals surface area contributed by atoms with Crippen molar-refractivity contribution in [3.63, 3.8) is 0 Å². The van der Waals surface area contributed by atoms with Crippen LogP contribution in [0.15, 0.2) is 48.5 Å². The molecule has 0 saturated heterocycles. The lowest BCUT2D eigenvalue weighted by molar-refractivity contribution is -0.116. The van der Waals surface area contributed by atoms with Crippen molar-refractivity contribution in [2.45, 2.75) is 26.2 Å². The van der Waals surface area contributed by atoms with Crippen LogP contribution >= 0.6 is 11.6 Å². The average Bonchev–Trinajstić information content (AvgIpc) is 2.44. The normalized spacial score (nSPS) is 10.3. The fourth-order valence-corrected chi connectivity index (χ4v) is 2.17. The minimum atomic E-state index is 0.0286. The first-order valence-corrected chi connectivity index (χ1v) is 7.13. The Morgan fingerprint density at radius 3 is 2.60 bits per heavy atom. The van der Waals surface area contributed by atoms with Crippen molar-refractivity contribution in [1.29, 1.82) is 0 Å². The molecule has 0 bridgehead atoms. The van der Waals surface area contributed by atoms with Gasteiger partial charge in [-0.05, 0) is 43.0 Å². The van der Waals surface area contributed by atoms with E-state index in [1.165, 1.54) is 5.56 Å². The number of carbonyl (C=O) groups excluding carboxylic acids is 1. The van der Waals surface area contributed by atoms with E-state index in [2.05, 4.69) is 17.4 Å². The van der Waals surface area contributed by atoms with E-state index in [4.69, 9.17) is 11.6 Å². The van der Waals surface area contributed by atoms with Crippen molar-refractivity contribution in [3.8, 4) is 0 Å². The predicted molar refractivity (Wildman–Crippen MR) is 84.2 cm³/mol. The minimum Gasteiger partial charge on any atom is -0.326 e. The number of carbonyl (C=O) groups is 1. The van der Waals surface area contributed by atoms with E-state index in [1.54, 1.807) is 6.07 Å². The van der Waals surface area contributed by atoms with Crippen LogP contribution in [0.25, 0.3) is 0 Å². The molecule has 104 valence electrons. The number of nitrogens with one attached hydrogen (secondary N) is 1. The van der Waals surface area contributed by atoms with Gasteiger partial charge in [0, 0.05) is 17.1 Å². The molecule has 0 unspecified atom stereocenters. The van der Waals surface area contributed by atoms with Gasteiger partial charge in [0.1, 0.15) is 0 Å². The summed E-state index contributed by atoms with van der Waals surface area (Å²) in [5.74, 6) is 0.0286. The third-order valence-corrected chi connectivity index (χ3v) is 3.57. The molecule has 0 saturated carbocycles. The number of rotatable bonds is 5. The molecule has 0 radical (unpaired) electrons. The number of aryl methyl sites for hydroxylation is 2. The third kappa shape index (κ3) is 4.39. The molecule has 0 heterocycles. The molecule has 1 amide bonds. The maximum absolute atomic E-state index is 11.8. The summed E-state index contributed by atoms with van der Waals surface area (Å²) in [6, 6.07) is 15.8.